The van der Waals surface area contributed by atoms with Gasteiger partial charge >= 0.3 is 5.97 Å². The van der Waals surface area contributed by atoms with Crippen molar-refractivity contribution >= 4 is 17.8 Å². The Kier molecular flexibility index (Phi) is 4.69. The number of rotatable bonds is 3. The summed E-state index contributed by atoms with van der Waals surface area (Å²) < 4.78 is 5.50. The Hall–Kier alpha value is -2.41. The lowest BCUT2D eigenvalue weighted by Gasteiger charge is -2.47. The van der Waals surface area contributed by atoms with Crippen LogP contribution in [-0.2, 0) is 14.3 Å². The van der Waals surface area contributed by atoms with Gasteiger partial charge in [0.25, 0.3) is 0 Å². The van der Waals surface area contributed by atoms with Gasteiger partial charge in [0.15, 0.2) is 0 Å². The first-order chi connectivity index (χ1) is 13.6. The minimum absolute atomic E-state index is 0.0183. The van der Waals surface area contributed by atoms with Crippen LogP contribution < -0.4 is 10.6 Å². The quantitative estimate of drug-likeness (QED) is 0.762. The summed E-state index contributed by atoms with van der Waals surface area (Å²) in [5, 5.41) is 6.78. The molecule has 3 heterocycles. The van der Waals surface area contributed by atoms with E-state index in [9.17, 15) is 14.4 Å². The number of nitrogens with one attached hydrogen (secondary N) is 2. The van der Waals surface area contributed by atoms with Crippen molar-refractivity contribution in [2.75, 3.05) is 0 Å². The molecular formula is C22H29N3O4. The molecule has 2 atom stereocenters. The maximum Gasteiger partial charge on any atom is 0.340 e. The minimum atomic E-state index is -0.828. The van der Waals surface area contributed by atoms with Crippen LogP contribution in [0.3, 0.4) is 0 Å². The first kappa shape index (κ1) is 19.9. The van der Waals surface area contributed by atoms with Gasteiger partial charge in [0.1, 0.15) is 6.04 Å². The van der Waals surface area contributed by atoms with Gasteiger partial charge in [0, 0.05) is 29.1 Å². The van der Waals surface area contributed by atoms with Crippen LogP contribution in [-0.4, -0.2) is 45.8 Å². The van der Waals surface area contributed by atoms with E-state index in [4.69, 9.17) is 4.74 Å². The Labute approximate surface area is 171 Å². The van der Waals surface area contributed by atoms with E-state index in [2.05, 4.69) is 38.3 Å². The van der Waals surface area contributed by atoms with E-state index >= 15 is 0 Å². The van der Waals surface area contributed by atoms with Crippen molar-refractivity contribution in [2.24, 2.45) is 0 Å². The van der Waals surface area contributed by atoms with Gasteiger partial charge < -0.3 is 15.4 Å². The Morgan fingerprint density at radius 2 is 1.79 bits per heavy atom. The van der Waals surface area contributed by atoms with Crippen molar-refractivity contribution in [2.45, 2.75) is 82.8 Å². The van der Waals surface area contributed by atoms with Crippen LogP contribution in [0.15, 0.2) is 24.3 Å². The molecule has 1 aromatic rings. The molecule has 0 saturated carbocycles. The first-order valence-corrected chi connectivity index (χ1v) is 10.3. The lowest BCUT2D eigenvalue weighted by molar-refractivity contribution is -0.146. The van der Waals surface area contributed by atoms with Crippen LogP contribution in [0.4, 0.5) is 0 Å². The summed E-state index contributed by atoms with van der Waals surface area (Å²) in [5.41, 5.74) is 0.920. The summed E-state index contributed by atoms with van der Waals surface area (Å²) in [4.78, 5) is 39.5. The van der Waals surface area contributed by atoms with Crippen molar-refractivity contribution in [3.8, 4) is 0 Å². The summed E-state index contributed by atoms with van der Waals surface area (Å²) in [7, 11) is 0. The Bertz CT molecular complexity index is 847. The maximum absolute atomic E-state index is 13.2. The highest BCUT2D eigenvalue weighted by Crippen LogP contribution is 2.38. The fourth-order valence-electron chi connectivity index (χ4n) is 5.31. The van der Waals surface area contributed by atoms with Crippen LogP contribution in [0, 0.1) is 0 Å². The zero-order valence-electron chi connectivity index (χ0n) is 17.5. The highest BCUT2D eigenvalue weighted by atomic mass is 16.6. The number of amides is 2. The number of carbonyl (C=O) groups excluding carboxylic acids is 3. The fourth-order valence-corrected chi connectivity index (χ4v) is 5.31. The molecule has 0 aliphatic carbocycles. The largest absolute Gasteiger partial charge is 0.433 e. The number of benzene rings is 1. The van der Waals surface area contributed by atoms with Gasteiger partial charge in [0.2, 0.25) is 18.0 Å². The summed E-state index contributed by atoms with van der Waals surface area (Å²) in [6.45, 7) is 8.53. The number of hydrogen-bond donors (Lipinski definition) is 2. The maximum atomic E-state index is 13.2. The zero-order valence-corrected chi connectivity index (χ0v) is 17.5. The van der Waals surface area contributed by atoms with E-state index in [1.54, 1.807) is 18.2 Å². The number of fused-ring (bicyclic) bond motifs is 1. The van der Waals surface area contributed by atoms with Crippen LogP contribution in [0.2, 0.25) is 0 Å². The third kappa shape index (κ3) is 3.75. The van der Waals surface area contributed by atoms with Gasteiger partial charge in [-0.05, 0) is 53.0 Å². The lowest BCUT2D eigenvalue weighted by Crippen LogP contribution is -2.63. The van der Waals surface area contributed by atoms with E-state index in [1.165, 1.54) is 4.90 Å². The van der Waals surface area contributed by atoms with Gasteiger partial charge in [-0.2, -0.15) is 0 Å². The predicted molar refractivity (Wildman–Crippen MR) is 107 cm³/mol. The second-order valence-corrected chi connectivity index (χ2v) is 9.71. The molecular weight excluding hydrogens is 370 g/mol. The van der Waals surface area contributed by atoms with E-state index in [0.29, 0.717) is 17.5 Å². The average Bonchev–Trinajstić information content (AvgIpc) is 3.12. The summed E-state index contributed by atoms with van der Waals surface area (Å²) in [6.07, 6.45) is 1.50. The third-order valence-corrected chi connectivity index (χ3v) is 6.01. The SMILES string of the molecule is CC1(C)CC(NC(=O)[C@@H]2CCC(=O)N2[C@@H]2OC(=O)c3ccccc32)CC(C)(C)N1. The smallest absolute Gasteiger partial charge is 0.340 e. The number of hydrogen-bond acceptors (Lipinski definition) is 5. The molecule has 0 aromatic heterocycles. The van der Waals surface area contributed by atoms with Crippen LogP contribution in [0.5, 0.6) is 0 Å². The molecule has 7 heteroatoms. The molecule has 3 aliphatic rings. The highest BCUT2D eigenvalue weighted by Gasteiger charge is 2.47. The molecule has 2 N–H and O–H groups in total. The second-order valence-electron chi connectivity index (χ2n) is 9.71. The van der Waals surface area contributed by atoms with Crippen LogP contribution in [0.1, 0.15) is 75.5 Å². The first-order valence-electron chi connectivity index (χ1n) is 10.3. The molecule has 0 bridgehead atoms. The van der Waals surface area contributed by atoms with Gasteiger partial charge in [-0.1, -0.05) is 18.2 Å². The second kappa shape index (κ2) is 6.83. The number of nitrogens with zero attached hydrogens (tertiary/aromatic N) is 1. The minimum Gasteiger partial charge on any atom is -0.433 e. The monoisotopic (exact) mass is 399 g/mol. The molecule has 2 fully saturated rings. The standard InChI is InChI=1S/C22H29N3O4/c1-21(2)11-13(12-22(3,4)24-21)23-18(27)16-9-10-17(26)25(16)19-14-7-5-6-8-15(14)20(28)29-19/h5-8,13,16,19,24H,9-12H2,1-4H3,(H,23,27)/t16-,19+/m0/s1. The molecule has 0 radical (unpaired) electrons. The van der Waals surface area contributed by atoms with Crippen molar-refractivity contribution in [1.29, 1.82) is 0 Å². The summed E-state index contributed by atoms with van der Waals surface area (Å²) in [6, 6.07) is 6.43. The molecule has 4 rings (SSSR count). The normalized spacial score (nSPS) is 28.2. The average molecular weight is 399 g/mol. The number of carbonyl (C=O) groups is 3. The van der Waals surface area contributed by atoms with Crippen molar-refractivity contribution in [3.63, 3.8) is 0 Å². The fraction of sp³-hybridized carbons (Fsp3) is 0.591. The molecule has 7 nitrogen and oxygen atoms in total. The zero-order chi connectivity index (χ0) is 21.0. The molecule has 29 heavy (non-hydrogen) atoms. The lowest BCUT2D eigenvalue weighted by atomic mass is 9.79. The van der Waals surface area contributed by atoms with Gasteiger partial charge in [0.05, 0.1) is 5.56 Å². The number of esters is 1. The molecule has 0 unspecified atom stereocenters. The molecule has 1 aromatic carbocycles. The molecule has 3 aliphatic heterocycles. The third-order valence-electron chi connectivity index (χ3n) is 6.01. The van der Waals surface area contributed by atoms with Gasteiger partial charge in [-0.25, -0.2) is 4.79 Å². The summed E-state index contributed by atoms with van der Waals surface area (Å²) >= 11 is 0. The summed E-state index contributed by atoms with van der Waals surface area (Å²) in [5.74, 6) is -0.785. The van der Waals surface area contributed by atoms with E-state index in [1.807, 2.05) is 6.07 Å². The molecule has 2 amide bonds. The van der Waals surface area contributed by atoms with E-state index in [-0.39, 0.29) is 35.4 Å². The number of cyclic esters (lactones) is 1. The van der Waals surface area contributed by atoms with Crippen LogP contribution >= 0.6 is 0 Å². The van der Waals surface area contributed by atoms with Gasteiger partial charge in [-0.3, -0.25) is 14.5 Å². The number of piperidine rings is 1. The van der Waals surface area contributed by atoms with Gasteiger partial charge in [-0.15, -0.1) is 0 Å². The number of likely N-dealkylation sites (tertiary alicyclic amines) is 1. The number of ether oxygens (including phenoxy) is 1. The topological polar surface area (TPSA) is 87.7 Å². The molecule has 0 spiro atoms. The Morgan fingerprint density at radius 3 is 2.48 bits per heavy atom. The van der Waals surface area contributed by atoms with Crippen molar-refractivity contribution in [3.05, 3.63) is 35.4 Å². The molecule has 2 saturated heterocycles. The highest BCUT2D eigenvalue weighted by molar-refractivity contribution is 5.96. The van der Waals surface area contributed by atoms with Crippen molar-refractivity contribution in [1.82, 2.24) is 15.5 Å². The van der Waals surface area contributed by atoms with E-state index < -0.39 is 18.2 Å². The van der Waals surface area contributed by atoms with Crippen molar-refractivity contribution < 1.29 is 19.1 Å². The van der Waals surface area contributed by atoms with Crippen LogP contribution in [0.25, 0.3) is 0 Å². The Balaban J connectivity index is 1.53. The Morgan fingerprint density at radius 1 is 1.14 bits per heavy atom. The predicted octanol–water partition coefficient (Wildman–Crippen LogP) is 2.27. The molecule has 156 valence electrons. The van der Waals surface area contributed by atoms with E-state index in [0.717, 1.165) is 12.8 Å².